The first kappa shape index (κ1) is 25.7. The molecule has 0 heterocycles. The summed E-state index contributed by atoms with van der Waals surface area (Å²) in [7, 11) is 0. The van der Waals surface area contributed by atoms with Gasteiger partial charge in [-0.25, -0.2) is 0 Å². The van der Waals surface area contributed by atoms with Crippen LogP contribution in [0.4, 0.5) is 0 Å². The molecule has 0 amide bonds. The van der Waals surface area contributed by atoms with Crippen molar-refractivity contribution >= 4 is 0 Å². The van der Waals surface area contributed by atoms with Gasteiger partial charge in [-0.05, 0) is 0 Å². The molecule has 1 heteroatoms. The molecule has 0 nitrogen and oxygen atoms in total. The van der Waals surface area contributed by atoms with E-state index < -0.39 is 0 Å². The average Bonchev–Trinajstić information content (AvgIpc) is 2.23. The zero-order chi connectivity index (χ0) is 12.4. The molecule has 0 atom stereocenters. The molecule has 0 unspecified atom stereocenters. The fourth-order valence-electron chi connectivity index (χ4n) is 0.750. The van der Waals surface area contributed by atoms with Crippen LogP contribution in [0.15, 0.2) is 0 Å². The maximum atomic E-state index is 3.68. The van der Waals surface area contributed by atoms with Crippen LogP contribution >= 0.6 is 0 Å². The molecule has 98 valence electrons. The third kappa shape index (κ3) is 60.6. The largest absolute Gasteiger partial charge is 4.00 e. The predicted octanol–water partition coefficient (Wildman–Crippen LogP) is 6.14. The standard InChI is InChI=1S/3C5H11.Hf.H/c3*1-3-5-4-2;;/h3*1,3-5H2,2H3;;/q3*-1;+4;-1. The molecule has 0 spiro atoms. The Balaban J connectivity index is -0.0000000400. The minimum Gasteiger partial charge on any atom is -1.00 e. The minimum atomic E-state index is 0. The van der Waals surface area contributed by atoms with E-state index >= 15 is 0 Å². The minimum absolute atomic E-state index is 0. The van der Waals surface area contributed by atoms with E-state index in [1.165, 1.54) is 38.5 Å². The molecule has 0 radical (unpaired) electrons. The fraction of sp³-hybridized carbons (Fsp3) is 0.800. The van der Waals surface area contributed by atoms with E-state index in [1.807, 2.05) is 0 Å². The van der Waals surface area contributed by atoms with Crippen LogP contribution in [0.1, 0.15) is 80.0 Å². The van der Waals surface area contributed by atoms with Crippen molar-refractivity contribution in [1.29, 1.82) is 0 Å². The van der Waals surface area contributed by atoms with E-state index in [9.17, 15) is 0 Å². The van der Waals surface area contributed by atoms with Gasteiger partial charge in [-0.2, -0.15) is 19.3 Å². The van der Waals surface area contributed by atoms with Gasteiger partial charge >= 0.3 is 25.8 Å². The Hall–Kier alpha value is 0.870. The molecule has 0 fully saturated rings. The number of rotatable bonds is 6. The van der Waals surface area contributed by atoms with Crippen LogP contribution in [-0.4, -0.2) is 0 Å². The van der Waals surface area contributed by atoms with E-state index in [0.717, 1.165) is 19.3 Å². The first-order valence-corrected chi connectivity index (χ1v) is 6.62. The van der Waals surface area contributed by atoms with Crippen LogP contribution in [-0.2, 0) is 25.8 Å². The molecule has 0 saturated heterocycles. The first-order chi connectivity index (χ1) is 7.24. The molecule has 0 aliphatic heterocycles. The molecule has 0 aromatic heterocycles. The van der Waals surface area contributed by atoms with Crippen molar-refractivity contribution in [3.8, 4) is 0 Å². The molecule has 0 rings (SSSR count). The van der Waals surface area contributed by atoms with Crippen molar-refractivity contribution in [2.75, 3.05) is 0 Å². The fourth-order valence-corrected chi connectivity index (χ4v) is 0.750. The molecular formula is C15H34Hf. The van der Waals surface area contributed by atoms with Gasteiger partial charge in [0.05, 0.1) is 0 Å². The average molecular weight is 393 g/mol. The van der Waals surface area contributed by atoms with Gasteiger partial charge < -0.3 is 22.2 Å². The summed E-state index contributed by atoms with van der Waals surface area (Å²) in [6, 6.07) is 0. The van der Waals surface area contributed by atoms with Crippen molar-refractivity contribution in [1.82, 2.24) is 0 Å². The molecule has 0 saturated carbocycles. The molecule has 0 aliphatic carbocycles. The van der Waals surface area contributed by atoms with Gasteiger partial charge in [-0.15, -0.1) is 0 Å². The second-order valence-electron chi connectivity index (χ2n) is 3.62. The molecule has 0 aliphatic rings. The molecule has 0 aromatic rings. The van der Waals surface area contributed by atoms with E-state index in [4.69, 9.17) is 0 Å². The van der Waals surface area contributed by atoms with Gasteiger partial charge in [-0.1, -0.05) is 59.3 Å². The molecule has 0 N–H and O–H groups in total. The van der Waals surface area contributed by atoms with Crippen molar-refractivity contribution in [2.45, 2.75) is 78.6 Å². The zero-order valence-corrected chi connectivity index (χ0v) is 15.6. The topological polar surface area (TPSA) is 0 Å². The van der Waals surface area contributed by atoms with Gasteiger partial charge in [0, 0.05) is 0 Å². The summed E-state index contributed by atoms with van der Waals surface area (Å²) in [4.78, 5) is 0. The molecule has 0 bridgehead atoms. The SMILES string of the molecule is [CH2-]CCCC.[CH2-]CCCC.[CH2-]CCCC.[H-].[Hf+4]. The third-order valence-corrected chi connectivity index (χ3v) is 1.81. The summed E-state index contributed by atoms with van der Waals surface area (Å²) < 4.78 is 0. The van der Waals surface area contributed by atoms with Crippen molar-refractivity contribution in [3.63, 3.8) is 0 Å². The first-order valence-electron chi connectivity index (χ1n) is 6.62. The van der Waals surface area contributed by atoms with Crippen LogP contribution in [0.2, 0.25) is 0 Å². The van der Waals surface area contributed by atoms with E-state index in [1.54, 1.807) is 0 Å². The summed E-state index contributed by atoms with van der Waals surface area (Å²) in [6.45, 7) is 17.5. The van der Waals surface area contributed by atoms with Crippen LogP contribution in [0.3, 0.4) is 0 Å². The smallest absolute Gasteiger partial charge is 1.00 e. The van der Waals surface area contributed by atoms with Crippen molar-refractivity contribution in [3.05, 3.63) is 20.8 Å². The summed E-state index contributed by atoms with van der Waals surface area (Å²) in [5.41, 5.74) is 0. The van der Waals surface area contributed by atoms with Crippen LogP contribution < -0.4 is 0 Å². The van der Waals surface area contributed by atoms with Gasteiger partial charge in [0.15, 0.2) is 0 Å². The molecular weight excluding hydrogens is 359 g/mol. The predicted molar refractivity (Wildman–Crippen MR) is 75.8 cm³/mol. The van der Waals surface area contributed by atoms with Crippen molar-refractivity contribution in [2.24, 2.45) is 0 Å². The second kappa shape index (κ2) is 36.0. The van der Waals surface area contributed by atoms with Crippen LogP contribution in [0.5, 0.6) is 0 Å². The van der Waals surface area contributed by atoms with Gasteiger partial charge in [0.25, 0.3) is 0 Å². The summed E-state index contributed by atoms with van der Waals surface area (Å²) in [5, 5.41) is 0. The van der Waals surface area contributed by atoms with Crippen LogP contribution in [0.25, 0.3) is 0 Å². The Morgan fingerprint density at radius 3 is 0.812 bits per heavy atom. The van der Waals surface area contributed by atoms with E-state index in [2.05, 4.69) is 41.5 Å². The van der Waals surface area contributed by atoms with E-state index in [0.29, 0.717) is 0 Å². The maximum Gasteiger partial charge on any atom is 4.00 e. The van der Waals surface area contributed by atoms with Crippen molar-refractivity contribution < 1.29 is 27.3 Å². The summed E-state index contributed by atoms with van der Waals surface area (Å²) in [6.07, 6.45) is 11.0. The third-order valence-electron chi connectivity index (χ3n) is 1.81. The monoisotopic (exact) mass is 394 g/mol. The zero-order valence-electron chi connectivity index (χ0n) is 13.0. The van der Waals surface area contributed by atoms with Gasteiger partial charge in [0.2, 0.25) is 0 Å². The molecule has 16 heavy (non-hydrogen) atoms. The second-order valence-corrected chi connectivity index (χ2v) is 3.62. The van der Waals surface area contributed by atoms with Gasteiger partial charge in [-0.3, -0.25) is 0 Å². The number of hydrogen-bond donors (Lipinski definition) is 0. The van der Waals surface area contributed by atoms with E-state index in [-0.39, 0.29) is 27.3 Å². The summed E-state index contributed by atoms with van der Waals surface area (Å²) in [5.74, 6) is 0. The Morgan fingerprint density at radius 2 is 0.812 bits per heavy atom. The number of hydrogen-bond acceptors (Lipinski definition) is 0. The maximum absolute atomic E-state index is 3.68. The Morgan fingerprint density at radius 1 is 0.625 bits per heavy atom. The normalized spacial score (nSPS) is 7.88. The Labute approximate surface area is 126 Å². The van der Waals surface area contributed by atoms with Crippen LogP contribution in [0, 0.1) is 20.8 Å². The summed E-state index contributed by atoms with van der Waals surface area (Å²) >= 11 is 0. The van der Waals surface area contributed by atoms with Gasteiger partial charge in [0.1, 0.15) is 0 Å². The quantitative estimate of drug-likeness (QED) is 0.376. The Kier molecular flexibility index (Phi) is 57.8. The Bertz CT molecular complexity index is 47.7. The molecule has 0 aromatic carbocycles. The number of unbranched alkanes of at least 4 members (excludes halogenated alkanes) is 6.